The van der Waals surface area contributed by atoms with Crippen LogP contribution in [0.5, 0.6) is 0 Å². The first-order valence-corrected chi connectivity index (χ1v) is 12.3. The summed E-state index contributed by atoms with van der Waals surface area (Å²) >= 11 is 1.76. The van der Waals surface area contributed by atoms with Crippen LogP contribution < -0.4 is 9.80 Å². The molecule has 0 spiro atoms. The minimum absolute atomic E-state index is 0.0272. The number of nitrogens with zero attached hydrogens (tertiary/aromatic N) is 8. The van der Waals surface area contributed by atoms with E-state index in [-0.39, 0.29) is 6.04 Å². The number of ether oxygens (including phenoxy) is 1. The SMILES string of the molecule is COCCn1nnnc1C(c1ccc(N(C)C)cc1)N1CCN(c2nc3ccccc3s2)CC1. The summed E-state index contributed by atoms with van der Waals surface area (Å²) in [7, 11) is 5.81. The van der Waals surface area contributed by atoms with E-state index in [1.165, 1.54) is 16.0 Å². The van der Waals surface area contributed by atoms with E-state index in [1.807, 2.05) is 10.7 Å². The van der Waals surface area contributed by atoms with Gasteiger partial charge in [-0.15, -0.1) is 5.10 Å². The molecule has 0 N–H and O–H groups in total. The van der Waals surface area contributed by atoms with Crippen LogP contribution in [0, 0.1) is 0 Å². The lowest BCUT2D eigenvalue weighted by molar-refractivity contribution is 0.172. The van der Waals surface area contributed by atoms with Gasteiger partial charge in [0, 0.05) is 53.1 Å². The lowest BCUT2D eigenvalue weighted by atomic mass is 10.0. The predicted molar refractivity (Wildman–Crippen MR) is 136 cm³/mol. The summed E-state index contributed by atoms with van der Waals surface area (Å²) in [6.45, 7) is 4.80. The topological polar surface area (TPSA) is 75.4 Å². The molecule has 0 bridgehead atoms. The van der Waals surface area contributed by atoms with E-state index in [9.17, 15) is 0 Å². The third kappa shape index (κ3) is 4.61. The molecule has 2 aromatic carbocycles. The Hall–Kier alpha value is -3.08. The zero-order valence-corrected chi connectivity index (χ0v) is 20.6. The molecular weight excluding hydrogens is 448 g/mol. The van der Waals surface area contributed by atoms with Gasteiger partial charge < -0.3 is 14.5 Å². The predicted octanol–water partition coefficient (Wildman–Crippen LogP) is 2.91. The summed E-state index contributed by atoms with van der Waals surface area (Å²) in [6.07, 6.45) is 0. The Kier molecular flexibility index (Phi) is 6.70. The molecule has 1 fully saturated rings. The average Bonchev–Trinajstić information content (AvgIpc) is 3.51. The second-order valence-electron chi connectivity index (χ2n) is 8.63. The molecular formula is C24H30N8OS. The molecule has 4 aromatic rings. The largest absolute Gasteiger partial charge is 0.383 e. The molecule has 1 aliphatic heterocycles. The highest BCUT2D eigenvalue weighted by molar-refractivity contribution is 7.22. The first-order chi connectivity index (χ1) is 16.6. The van der Waals surface area contributed by atoms with Crippen molar-refractivity contribution in [3.63, 3.8) is 0 Å². The fourth-order valence-corrected chi connectivity index (χ4v) is 5.41. The number of benzene rings is 2. The smallest absolute Gasteiger partial charge is 0.186 e. The van der Waals surface area contributed by atoms with Gasteiger partial charge in [-0.25, -0.2) is 9.67 Å². The molecule has 0 amide bonds. The van der Waals surface area contributed by atoms with Crippen LogP contribution in [0.4, 0.5) is 10.8 Å². The van der Waals surface area contributed by atoms with Crippen LogP contribution >= 0.6 is 11.3 Å². The van der Waals surface area contributed by atoms with Crippen LogP contribution in [0.2, 0.25) is 0 Å². The highest BCUT2D eigenvalue weighted by Gasteiger charge is 2.31. The maximum atomic E-state index is 5.28. The Balaban J connectivity index is 1.40. The Morgan fingerprint density at radius 1 is 1.03 bits per heavy atom. The summed E-state index contributed by atoms with van der Waals surface area (Å²) in [4.78, 5) is 11.8. The van der Waals surface area contributed by atoms with Crippen molar-refractivity contribution in [3.05, 3.63) is 59.9 Å². The molecule has 9 nitrogen and oxygen atoms in total. The van der Waals surface area contributed by atoms with Gasteiger partial charge in [0.1, 0.15) is 0 Å². The van der Waals surface area contributed by atoms with Gasteiger partial charge in [0.05, 0.1) is 29.4 Å². The van der Waals surface area contributed by atoms with E-state index in [0.717, 1.165) is 42.7 Å². The van der Waals surface area contributed by atoms with Crippen molar-refractivity contribution >= 4 is 32.4 Å². The second kappa shape index (κ2) is 10.0. The minimum Gasteiger partial charge on any atom is -0.383 e. The number of anilines is 2. The Morgan fingerprint density at radius 2 is 1.79 bits per heavy atom. The Labute approximate surface area is 203 Å². The second-order valence-corrected chi connectivity index (χ2v) is 9.64. The van der Waals surface area contributed by atoms with E-state index in [4.69, 9.17) is 9.72 Å². The highest BCUT2D eigenvalue weighted by Crippen LogP contribution is 2.32. The molecule has 0 saturated carbocycles. The van der Waals surface area contributed by atoms with Crippen molar-refractivity contribution in [3.8, 4) is 0 Å². The van der Waals surface area contributed by atoms with Crippen molar-refractivity contribution in [1.29, 1.82) is 0 Å². The van der Waals surface area contributed by atoms with Crippen LogP contribution in [0.1, 0.15) is 17.4 Å². The fourth-order valence-electron chi connectivity index (χ4n) is 4.39. The number of fused-ring (bicyclic) bond motifs is 1. The van der Waals surface area contributed by atoms with Crippen LogP contribution in [-0.4, -0.2) is 84.1 Å². The summed E-state index contributed by atoms with van der Waals surface area (Å²) in [5.74, 6) is 0.850. The van der Waals surface area contributed by atoms with Gasteiger partial charge >= 0.3 is 0 Å². The van der Waals surface area contributed by atoms with E-state index in [0.29, 0.717) is 13.2 Å². The number of para-hydroxylation sites is 1. The first kappa shape index (κ1) is 22.7. The van der Waals surface area contributed by atoms with Gasteiger partial charge in [-0.2, -0.15) is 0 Å². The van der Waals surface area contributed by atoms with Gasteiger partial charge in [0.25, 0.3) is 0 Å². The molecule has 3 heterocycles. The van der Waals surface area contributed by atoms with Crippen molar-refractivity contribution in [2.75, 3.05) is 63.8 Å². The maximum Gasteiger partial charge on any atom is 0.186 e. The van der Waals surface area contributed by atoms with Gasteiger partial charge in [-0.3, -0.25) is 4.90 Å². The van der Waals surface area contributed by atoms with E-state index in [2.05, 4.69) is 86.8 Å². The number of thiazole rings is 1. The van der Waals surface area contributed by atoms with E-state index < -0.39 is 0 Å². The molecule has 1 saturated heterocycles. The third-order valence-corrected chi connectivity index (χ3v) is 7.37. The van der Waals surface area contributed by atoms with E-state index >= 15 is 0 Å². The number of piperazine rings is 1. The van der Waals surface area contributed by atoms with Crippen LogP contribution in [-0.2, 0) is 11.3 Å². The monoisotopic (exact) mass is 478 g/mol. The molecule has 1 aliphatic rings. The van der Waals surface area contributed by atoms with Crippen molar-refractivity contribution in [1.82, 2.24) is 30.1 Å². The molecule has 10 heteroatoms. The van der Waals surface area contributed by atoms with Crippen molar-refractivity contribution in [2.45, 2.75) is 12.6 Å². The lowest BCUT2D eigenvalue weighted by Gasteiger charge is -2.38. The van der Waals surface area contributed by atoms with Crippen LogP contribution in [0.25, 0.3) is 10.2 Å². The van der Waals surface area contributed by atoms with Crippen molar-refractivity contribution in [2.24, 2.45) is 0 Å². The number of methoxy groups -OCH3 is 1. The first-order valence-electron chi connectivity index (χ1n) is 11.5. The normalized spacial score (nSPS) is 15.7. The lowest BCUT2D eigenvalue weighted by Crippen LogP contribution is -2.48. The Morgan fingerprint density at radius 3 is 2.50 bits per heavy atom. The molecule has 1 unspecified atom stereocenters. The van der Waals surface area contributed by atoms with Crippen LogP contribution in [0.15, 0.2) is 48.5 Å². The number of hydrogen-bond acceptors (Lipinski definition) is 9. The molecule has 5 rings (SSSR count). The van der Waals surface area contributed by atoms with Gasteiger partial charge in [-0.05, 0) is 40.3 Å². The summed E-state index contributed by atoms with van der Waals surface area (Å²) in [5, 5.41) is 13.8. The number of tetrazole rings is 1. The van der Waals surface area contributed by atoms with Gasteiger partial charge in [0.15, 0.2) is 11.0 Å². The Bertz CT molecular complexity index is 1180. The number of hydrogen-bond donors (Lipinski definition) is 0. The standard InChI is InChI=1S/C24H30N8OS/c1-29(2)19-10-8-18(9-11-19)22(23-26-27-28-32(23)16-17-33-3)30-12-14-31(15-13-30)24-25-20-6-4-5-7-21(20)34-24/h4-11,22H,12-17H2,1-3H3. The summed E-state index contributed by atoms with van der Waals surface area (Å²) in [6, 6.07) is 17.0. The van der Waals surface area contributed by atoms with Crippen molar-refractivity contribution < 1.29 is 4.74 Å². The van der Waals surface area contributed by atoms with Gasteiger partial charge in [0.2, 0.25) is 0 Å². The minimum atomic E-state index is -0.0272. The molecule has 1 atom stereocenters. The highest BCUT2D eigenvalue weighted by atomic mass is 32.1. The molecule has 0 aliphatic carbocycles. The third-order valence-electron chi connectivity index (χ3n) is 6.27. The summed E-state index contributed by atoms with van der Waals surface area (Å²) in [5.41, 5.74) is 3.43. The quantitative estimate of drug-likeness (QED) is 0.383. The average molecular weight is 479 g/mol. The summed E-state index contributed by atoms with van der Waals surface area (Å²) < 4.78 is 8.38. The van der Waals surface area contributed by atoms with E-state index in [1.54, 1.807) is 18.4 Å². The van der Waals surface area contributed by atoms with Gasteiger partial charge in [-0.1, -0.05) is 35.6 Å². The molecule has 178 valence electrons. The van der Waals surface area contributed by atoms with Crippen LogP contribution in [0.3, 0.4) is 0 Å². The fraction of sp³-hybridized carbons (Fsp3) is 0.417. The number of rotatable bonds is 8. The molecule has 0 radical (unpaired) electrons. The zero-order chi connectivity index (χ0) is 23.5. The molecule has 2 aromatic heterocycles. The molecule has 34 heavy (non-hydrogen) atoms. The number of aromatic nitrogens is 5. The zero-order valence-electron chi connectivity index (χ0n) is 19.8. The maximum absolute atomic E-state index is 5.28.